The van der Waals surface area contributed by atoms with Gasteiger partial charge in [0.2, 0.25) is 0 Å². The molecule has 0 aliphatic carbocycles. The van der Waals surface area contributed by atoms with Crippen LogP contribution in [-0.2, 0) is 4.79 Å². The first-order valence-corrected chi connectivity index (χ1v) is 2.11. The van der Waals surface area contributed by atoms with Gasteiger partial charge in [0, 0.05) is 6.20 Å². The maximum atomic E-state index is 9.88. The molecule has 8 heavy (non-hydrogen) atoms. The van der Waals surface area contributed by atoms with E-state index in [1.54, 1.807) is 0 Å². The Morgan fingerprint density at radius 2 is 2.12 bits per heavy atom. The summed E-state index contributed by atoms with van der Waals surface area (Å²) in [6.07, 6.45) is 3.29. The maximum absolute atomic E-state index is 9.88. The first-order chi connectivity index (χ1) is 3.85. The Hall–Kier alpha value is -1.18. The highest BCUT2D eigenvalue weighted by Gasteiger charge is 1.81. The summed E-state index contributed by atoms with van der Waals surface area (Å²) in [7, 11) is 0. The van der Waals surface area contributed by atoms with Crippen LogP contribution in [-0.4, -0.2) is 12.0 Å². The molecule has 0 aromatic rings. The molecule has 0 fully saturated rings. The summed E-state index contributed by atoms with van der Waals surface area (Å²) in [5.74, 6) is 0. The molecule has 2 heteroatoms. The molecule has 42 valence electrons. The Morgan fingerprint density at radius 1 is 1.50 bits per heavy atom. The minimum absolute atomic E-state index is 0.306. The molecule has 0 aromatic carbocycles. The van der Waals surface area contributed by atoms with E-state index in [2.05, 4.69) is 18.2 Å². The zero-order valence-corrected chi connectivity index (χ0v) is 4.50. The second-order valence-electron chi connectivity index (χ2n) is 1.06. The van der Waals surface area contributed by atoms with Crippen molar-refractivity contribution in [3.05, 3.63) is 25.4 Å². The van der Waals surface area contributed by atoms with Crippen LogP contribution < -0.4 is 0 Å². The summed E-state index contributed by atoms with van der Waals surface area (Å²) >= 11 is 0. The van der Waals surface area contributed by atoms with Crippen LogP contribution in [0.15, 0.2) is 30.4 Å². The van der Waals surface area contributed by atoms with E-state index in [0.717, 1.165) is 0 Å². The van der Waals surface area contributed by atoms with Gasteiger partial charge in [-0.25, -0.2) is 0 Å². The third-order valence-electron chi connectivity index (χ3n) is 0.570. The second-order valence-corrected chi connectivity index (χ2v) is 1.06. The van der Waals surface area contributed by atoms with Crippen molar-refractivity contribution in [2.45, 2.75) is 0 Å². The Morgan fingerprint density at radius 3 is 2.25 bits per heavy atom. The van der Waals surface area contributed by atoms with Crippen molar-refractivity contribution in [1.29, 1.82) is 0 Å². The van der Waals surface area contributed by atoms with Gasteiger partial charge in [-0.1, -0.05) is 13.2 Å². The largest absolute Gasteiger partial charge is 0.296 e. The maximum Gasteiger partial charge on any atom is 0.168 e. The number of carbonyl (C=O) groups is 1. The van der Waals surface area contributed by atoms with Crippen LogP contribution in [0.3, 0.4) is 0 Å². The topological polar surface area (TPSA) is 29.4 Å². The number of aldehydes is 1. The Kier molecular flexibility index (Phi) is 3.40. The van der Waals surface area contributed by atoms with Crippen LogP contribution in [0, 0.1) is 0 Å². The van der Waals surface area contributed by atoms with Crippen molar-refractivity contribution >= 4 is 12.0 Å². The molecule has 0 spiro atoms. The van der Waals surface area contributed by atoms with Crippen LogP contribution in [0.25, 0.3) is 0 Å². The van der Waals surface area contributed by atoms with E-state index in [9.17, 15) is 4.79 Å². The lowest BCUT2D eigenvalue weighted by molar-refractivity contribution is -0.102. The SMILES string of the molecule is C=CN=C(C=C)C=O. The van der Waals surface area contributed by atoms with Crippen molar-refractivity contribution in [1.82, 2.24) is 0 Å². The highest BCUT2D eigenvalue weighted by Crippen LogP contribution is 1.74. The highest BCUT2D eigenvalue weighted by atomic mass is 16.1. The van der Waals surface area contributed by atoms with Gasteiger partial charge in [0.15, 0.2) is 6.29 Å². The molecule has 0 amide bonds. The van der Waals surface area contributed by atoms with Gasteiger partial charge in [0.1, 0.15) is 5.71 Å². The van der Waals surface area contributed by atoms with Gasteiger partial charge in [0.25, 0.3) is 0 Å². The highest BCUT2D eigenvalue weighted by molar-refractivity contribution is 6.33. The van der Waals surface area contributed by atoms with E-state index < -0.39 is 0 Å². The van der Waals surface area contributed by atoms with Crippen LogP contribution in [0.2, 0.25) is 0 Å². The Labute approximate surface area is 48.2 Å². The third-order valence-corrected chi connectivity index (χ3v) is 0.570. The molecule has 0 aromatic heterocycles. The first-order valence-electron chi connectivity index (χ1n) is 2.11. The summed E-state index contributed by atoms with van der Waals surface area (Å²) in [4.78, 5) is 13.4. The summed E-state index contributed by atoms with van der Waals surface area (Å²) in [5.41, 5.74) is 0.306. The van der Waals surface area contributed by atoms with Gasteiger partial charge in [-0.05, 0) is 6.08 Å². The number of rotatable bonds is 3. The fourth-order valence-electron chi connectivity index (χ4n) is 0.237. The minimum atomic E-state index is 0.306. The van der Waals surface area contributed by atoms with Gasteiger partial charge in [-0.15, -0.1) is 0 Å². The summed E-state index contributed by atoms with van der Waals surface area (Å²) in [6.45, 7) is 6.64. The molecule has 0 rings (SSSR count). The Bertz CT molecular complexity index is 125. The fraction of sp³-hybridized carbons (Fsp3) is 0. The number of hydrogen-bond acceptors (Lipinski definition) is 2. The van der Waals surface area contributed by atoms with E-state index in [1.807, 2.05) is 0 Å². The molecule has 0 radical (unpaired) electrons. The number of hydrogen-bond donors (Lipinski definition) is 0. The third kappa shape index (κ3) is 2.08. The van der Waals surface area contributed by atoms with Crippen molar-refractivity contribution in [3.8, 4) is 0 Å². The van der Waals surface area contributed by atoms with Crippen LogP contribution in [0.5, 0.6) is 0 Å². The van der Waals surface area contributed by atoms with Crippen LogP contribution in [0.4, 0.5) is 0 Å². The lowest BCUT2D eigenvalue weighted by Crippen LogP contribution is -1.90. The number of aliphatic imine (C=N–C) groups is 1. The number of carbonyl (C=O) groups excluding carboxylic acids is 1. The molecule has 0 heterocycles. The smallest absolute Gasteiger partial charge is 0.168 e. The van der Waals surface area contributed by atoms with Crippen LogP contribution >= 0.6 is 0 Å². The number of nitrogens with zero attached hydrogens (tertiary/aromatic N) is 1. The molecule has 0 N–H and O–H groups in total. The zero-order valence-electron chi connectivity index (χ0n) is 4.50. The molecular formula is C6H7NO. The quantitative estimate of drug-likeness (QED) is 0.392. The van der Waals surface area contributed by atoms with Gasteiger partial charge in [0.05, 0.1) is 0 Å². The zero-order chi connectivity index (χ0) is 6.41. The van der Waals surface area contributed by atoms with Crippen molar-refractivity contribution < 1.29 is 4.79 Å². The minimum Gasteiger partial charge on any atom is -0.296 e. The van der Waals surface area contributed by atoms with Gasteiger partial charge in [-0.2, -0.15) is 0 Å². The monoisotopic (exact) mass is 109 g/mol. The van der Waals surface area contributed by atoms with Gasteiger partial charge >= 0.3 is 0 Å². The molecule has 0 bridgehead atoms. The number of allylic oxidation sites excluding steroid dienone is 1. The molecule has 2 nitrogen and oxygen atoms in total. The van der Waals surface area contributed by atoms with E-state index in [1.165, 1.54) is 12.3 Å². The van der Waals surface area contributed by atoms with E-state index >= 15 is 0 Å². The van der Waals surface area contributed by atoms with E-state index in [4.69, 9.17) is 0 Å². The summed E-state index contributed by atoms with van der Waals surface area (Å²) in [6, 6.07) is 0. The van der Waals surface area contributed by atoms with Crippen molar-refractivity contribution in [2.75, 3.05) is 0 Å². The van der Waals surface area contributed by atoms with Crippen molar-refractivity contribution in [3.63, 3.8) is 0 Å². The Balaban J connectivity index is 4.05. The average Bonchev–Trinajstić information content (AvgIpc) is 1.83. The molecule has 0 unspecified atom stereocenters. The summed E-state index contributed by atoms with van der Waals surface area (Å²) in [5, 5.41) is 0. The fourth-order valence-corrected chi connectivity index (χ4v) is 0.237. The van der Waals surface area contributed by atoms with Gasteiger partial charge < -0.3 is 0 Å². The van der Waals surface area contributed by atoms with Gasteiger partial charge in [-0.3, -0.25) is 9.79 Å². The predicted molar refractivity (Wildman–Crippen MR) is 33.9 cm³/mol. The normalized spacial score (nSPS) is 10.2. The molecule has 0 saturated carbocycles. The van der Waals surface area contributed by atoms with E-state index in [-0.39, 0.29) is 0 Å². The van der Waals surface area contributed by atoms with E-state index in [0.29, 0.717) is 12.0 Å². The summed E-state index contributed by atoms with van der Waals surface area (Å²) < 4.78 is 0. The van der Waals surface area contributed by atoms with Crippen LogP contribution in [0.1, 0.15) is 0 Å². The molecule has 0 aliphatic rings. The first kappa shape index (κ1) is 6.82. The molecule has 0 saturated heterocycles. The molecule has 0 aliphatic heterocycles. The average molecular weight is 109 g/mol. The predicted octanol–water partition coefficient (Wildman–Crippen LogP) is 0.956. The molecular weight excluding hydrogens is 102 g/mol. The molecule has 0 atom stereocenters. The lowest BCUT2D eigenvalue weighted by Gasteiger charge is -1.78. The second kappa shape index (κ2) is 3.99. The standard InChI is InChI=1S/C6H7NO/c1-3-6(5-8)7-4-2/h3-5H,1-2H2. The lowest BCUT2D eigenvalue weighted by atomic mass is 10.4. The van der Waals surface area contributed by atoms with Crippen molar-refractivity contribution in [2.24, 2.45) is 4.99 Å².